The maximum absolute atomic E-state index is 12.4. The number of rotatable bonds is 6. The predicted molar refractivity (Wildman–Crippen MR) is 115 cm³/mol. The minimum absolute atomic E-state index is 0.00875. The van der Waals surface area contributed by atoms with Crippen LogP contribution in [0.4, 0.5) is 0 Å². The number of carboxylic acid groups (broad SMARTS) is 1. The molecule has 0 atom stereocenters. The standard InChI is InChI=1S/C23H16ClN3O3/c24-19-7-3-1-6-17(19)14-27-13-15(12-25-27)11-18(22(28)23(29)30)21-10-9-16-5-2-4-8-20(16)26-21/h1-13H,14H2,(H,29,30)/b18-11+. The monoisotopic (exact) mass is 417 g/mol. The van der Waals surface area contributed by atoms with E-state index in [4.69, 9.17) is 11.6 Å². The van der Waals surface area contributed by atoms with Crippen LogP contribution in [0, 0.1) is 0 Å². The van der Waals surface area contributed by atoms with Crippen LogP contribution in [-0.2, 0) is 16.1 Å². The number of fused-ring (bicyclic) bond motifs is 1. The molecule has 4 aromatic rings. The molecule has 0 amide bonds. The predicted octanol–water partition coefficient (Wildman–Crippen LogP) is 4.33. The molecule has 0 spiro atoms. The van der Waals surface area contributed by atoms with Gasteiger partial charge in [0.15, 0.2) is 0 Å². The summed E-state index contributed by atoms with van der Waals surface area (Å²) < 4.78 is 1.67. The van der Waals surface area contributed by atoms with Crippen LogP contribution in [0.1, 0.15) is 16.8 Å². The fraction of sp³-hybridized carbons (Fsp3) is 0.0435. The Balaban J connectivity index is 1.71. The quantitative estimate of drug-likeness (QED) is 0.373. The molecule has 4 rings (SSSR count). The fourth-order valence-corrected chi connectivity index (χ4v) is 3.29. The van der Waals surface area contributed by atoms with Gasteiger partial charge < -0.3 is 5.11 Å². The van der Waals surface area contributed by atoms with E-state index in [1.54, 1.807) is 29.2 Å². The highest BCUT2D eigenvalue weighted by atomic mass is 35.5. The number of halogens is 1. The molecule has 0 unspecified atom stereocenters. The average molecular weight is 418 g/mol. The molecule has 7 heteroatoms. The lowest BCUT2D eigenvalue weighted by Gasteiger charge is -2.05. The maximum atomic E-state index is 12.4. The lowest BCUT2D eigenvalue weighted by molar-refractivity contribution is -0.146. The van der Waals surface area contributed by atoms with Crippen molar-refractivity contribution in [2.75, 3.05) is 0 Å². The van der Waals surface area contributed by atoms with Gasteiger partial charge in [-0.2, -0.15) is 5.10 Å². The van der Waals surface area contributed by atoms with Crippen LogP contribution in [0.25, 0.3) is 22.6 Å². The number of carbonyl (C=O) groups excluding carboxylic acids is 1. The number of pyridine rings is 1. The van der Waals surface area contributed by atoms with Crippen LogP contribution >= 0.6 is 11.6 Å². The highest BCUT2D eigenvalue weighted by Crippen LogP contribution is 2.22. The van der Waals surface area contributed by atoms with Crippen molar-refractivity contribution < 1.29 is 14.7 Å². The fourth-order valence-electron chi connectivity index (χ4n) is 3.10. The first-order valence-corrected chi connectivity index (χ1v) is 9.50. The Kier molecular flexibility index (Phi) is 5.41. The van der Waals surface area contributed by atoms with Crippen molar-refractivity contribution in [2.45, 2.75) is 6.54 Å². The van der Waals surface area contributed by atoms with Crippen molar-refractivity contribution in [3.05, 3.63) is 94.9 Å². The van der Waals surface area contributed by atoms with E-state index in [0.29, 0.717) is 28.3 Å². The molecule has 148 valence electrons. The second-order valence-corrected chi connectivity index (χ2v) is 7.05. The van der Waals surface area contributed by atoms with E-state index < -0.39 is 11.8 Å². The molecule has 2 aromatic carbocycles. The molecule has 1 N–H and O–H groups in total. The Bertz CT molecular complexity index is 1290. The summed E-state index contributed by atoms with van der Waals surface area (Å²) in [5.41, 5.74) is 2.44. The number of nitrogens with zero attached hydrogens (tertiary/aromatic N) is 3. The first-order valence-electron chi connectivity index (χ1n) is 9.12. The summed E-state index contributed by atoms with van der Waals surface area (Å²) in [7, 11) is 0. The van der Waals surface area contributed by atoms with Gasteiger partial charge in [-0.25, -0.2) is 9.78 Å². The number of aliphatic carboxylic acids is 1. The van der Waals surface area contributed by atoms with Gasteiger partial charge >= 0.3 is 5.97 Å². The van der Waals surface area contributed by atoms with E-state index in [9.17, 15) is 14.7 Å². The number of hydrogen-bond acceptors (Lipinski definition) is 4. The zero-order valence-electron chi connectivity index (χ0n) is 15.7. The molecule has 0 aliphatic rings. The van der Waals surface area contributed by atoms with Crippen molar-refractivity contribution in [1.82, 2.24) is 14.8 Å². The van der Waals surface area contributed by atoms with Crippen LogP contribution in [-0.4, -0.2) is 31.6 Å². The number of benzene rings is 2. The number of aromatic nitrogens is 3. The van der Waals surface area contributed by atoms with Crippen molar-refractivity contribution >= 4 is 45.9 Å². The molecular weight excluding hydrogens is 402 g/mol. The number of Topliss-reactive ketones (excluding diaryl/α,β-unsaturated/α-hetero) is 1. The summed E-state index contributed by atoms with van der Waals surface area (Å²) in [5.74, 6) is -2.57. The van der Waals surface area contributed by atoms with Crippen molar-refractivity contribution in [2.24, 2.45) is 0 Å². The summed E-state index contributed by atoms with van der Waals surface area (Å²) >= 11 is 6.20. The first-order chi connectivity index (χ1) is 14.5. The SMILES string of the molecule is O=C(O)C(=O)/C(=C/c1cnn(Cc2ccccc2Cl)c1)c1ccc2ccccc2n1. The smallest absolute Gasteiger partial charge is 0.377 e. The second-order valence-electron chi connectivity index (χ2n) is 6.64. The van der Waals surface area contributed by atoms with Crippen LogP contribution < -0.4 is 0 Å². The second kappa shape index (κ2) is 8.31. The van der Waals surface area contributed by atoms with E-state index in [1.807, 2.05) is 48.5 Å². The zero-order valence-corrected chi connectivity index (χ0v) is 16.5. The number of carbonyl (C=O) groups is 2. The topological polar surface area (TPSA) is 85.1 Å². The summed E-state index contributed by atoms with van der Waals surface area (Å²) in [6, 6.07) is 18.3. The lowest BCUT2D eigenvalue weighted by Crippen LogP contribution is -2.15. The molecular formula is C23H16ClN3O3. The zero-order chi connectivity index (χ0) is 21.1. The molecule has 2 heterocycles. The third-order valence-electron chi connectivity index (χ3n) is 4.57. The normalized spacial score (nSPS) is 11.6. The molecule has 0 bridgehead atoms. The van der Waals surface area contributed by atoms with Gasteiger partial charge in [0.1, 0.15) is 0 Å². The van der Waals surface area contributed by atoms with Crippen LogP contribution in [0.2, 0.25) is 5.02 Å². The van der Waals surface area contributed by atoms with E-state index in [0.717, 1.165) is 10.9 Å². The minimum Gasteiger partial charge on any atom is -0.475 e. The highest BCUT2D eigenvalue weighted by Gasteiger charge is 2.21. The van der Waals surface area contributed by atoms with Gasteiger partial charge in [-0.15, -0.1) is 0 Å². The van der Waals surface area contributed by atoms with E-state index in [2.05, 4.69) is 10.1 Å². The third kappa shape index (κ3) is 4.14. The Morgan fingerprint density at radius 2 is 1.80 bits per heavy atom. The van der Waals surface area contributed by atoms with E-state index >= 15 is 0 Å². The van der Waals surface area contributed by atoms with Crippen LogP contribution in [0.15, 0.2) is 73.1 Å². The molecule has 6 nitrogen and oxygen atoms in total. The Morgan fingerprint density at radius 1 is 1.03 bits per heavy atom. The molecule has 0 saturated heterocycles. The summed E-state index contributed by atoms with van der Waals surface area (Å²) in [6.45, 7) is 0.448. The van der Waals surface area contributed by atoms with Crippen LogP contribution in [0.5, 0.6) is 0 Å². The molecule has 0 fully saturated rings. The van der Waals surface area contributed by atoms with Crippen LogP contribution in [0.3, 0.4) is 0 Å². The maximum Gasteiger partial charge on any atom is 0.377 e. The first kappa shape index (κ1) is 19.5. The van der Waals surface area contributed by atoms with Gasteiger partial charge in [-0.05, 0) is 29.8 Å². The molecule has 0 aliphatic carbocycles. The van der Waals surface area contributed by atoms with E-state index in [1.165, 1.54) is 6.08 Å². The van der Waals surface area contributed by atoms with Crippen molar-refractivity contribution in [3.63, 3.8) is 0 Å². The van der Waals surface area contributed by atoms with Gasteiger partial charge in [0.05, 0.1) is 29.5 Å². The van der Waals surface area contributed by atoms with Gasteiger partial charge in [-0.1, -0.05) is 54.1 Å². The molecule has 0 aliphatic heterocycles. The molecule has 0 saturated carbocycles. The third-order valence-corrected chi connectivity index (χ3v) is 4.94. The van der Waals surface area contributed by atoms with Gasteiger partial charge in [0, 0.05) is 22.2 Å². The van der Waals surface area contributed by atoms with Gasteiger partial charge in [0.25, 0.3) is 5.78 Å². The minimum atomic E-state index is -1.54. The number of para-hydroxylation sites is 1. The number of ketones is 1. The largest absolute Gasteiger partial charge is 0.475 e. The molecule has 0 radical (unpaired) electrons. The Hall–Kier alpha value is -3.77. The lowest BCUT2D eigenvalue weighted by atomic mass is 10.0. The summed E-state index contributed by atoms with van der Waals surface area (Å²) in [5, 5.41) is 15.1. The van der Waals surface area contributed by atoms with Crippen molar-refractivity contribution in [1.29, 1.82) is 0 Å². The number of hydrogen-bond donors (Lipinski definition) is 1. The molecule has 30 heavy (non-hydrogen) atoms. The van der Waals surface area contributed by atoms with E-state index in [-0.39, 0.29) is 5.57 Å². The highest BCUT2D eigenvalue weighted by molar-refractivity contribution is 6.52. The Labute approximate surface area is 177 Å². The van der Waals surface area contributed by atoms with Crippen molar-refractivity contribution in [3.8, 4) is 0 Å². The van der Waals surface area contributed by atoms with Gasteiger partial charge in [-0.3, -0.25) is 9.48 Å². The average Bonchev–Trinajstić information content (AvgIpc) is 3.20. The molecule has 2 aromatic heterocycles. The van der Waals surface area contributed by atoms with Gasteiger partial charge in [0.2, 0.25) is 0 Å². The summed E-state index contributed by atoms with van der Waals surface area (Å²) in [4.78, 5) is 28.2. The Morgan fingerprint density at radius 3 is 2.60 bits per heavy atom. The number of carboxylic acids is 1. The summed E-state index contributed by atoms with van der Waals surface area (Å²) in [6.07, 6.45) is 4.77.